The summed E-state index contributed by atoms with van der Waals surface area (Å²) in [4.78, 5) is 3.83. The summed E-state index contributed by atoms with van der Waals surface area (Å²) in [5.41, 5.74) is 5.75. The zero-order chi connectivity index (χ0) is 8.43. The Labute approximate surface area is 84.9 Å². The van der Waals surface area contributed by atoms with Crippen LogP contribution < -0.4 is 5.73 Å². The Bertz CT molecular complexity index is 268. The third-order valence-corrected chi connectivity index (χ3v) is 1.70. The van der Waals surface area contributed by atoms with Crippen LogP contribution in [0.1, 0.15) is 18.7 Å². The van der Waals surface area contributed by atoms with Crippen LogP contribution in [0.4, 0.5) is 4.39 Å². The van der Waals surface area contributed by atoms with Crippen molar-refractivity contribution >= 4 is 28.3 Å². The molecule has 2 nitrogen and oxygen atoms in total. The monoisotopic (exact) mass is 254 g/mol. The van der Waals surface area contributed by atoms with E-state index >= 15 is 0 Å². The summed E-state index contributed by atoms with van der Waals surface area (Å²) in [7, 11) is 0. The van der Waals surface area contributed by atoms with Crippen molar-refractivity contribution in [3.8, 4) is 0 Å². The first-order valence-electron chi connectivity index (χ1n) is 3.18. The Morgan fingerprint density at radius 2 is 2.25 bits per heavy atom. The maximum absolute atomic E-state index is 12.9. The molecule has 0 spiro atoms. The molecule has 5 heteroatoms. The Balaban J connectivity index is 0.00000121. The molecule has 1 aromatic rings. The van der Waals surface area contributed by atoms with Gasteiger partial charge < -0.3 is 5.73 Å². The highest BCUT2D eigenvalue weighted by Crippen LogP contribution is 2.15. The topological polar surface area (TPSA) is 38.9 Å². The lowest BCUT2D eigenvalue weighted by molar-refractivity contribution is 0.578. The molecule has 1 heterocycles. The van der Waals surface area contributed by atoms with E-state index in [0.29, 0.717) is 10.2 Å². The standard InChI is InChI=1S/C7H8BrFN2.ClH/c1-4(10)7-6(9)2-5(8)3-11-7;/h2-4H,10H2,1H3;1H. The van der Waals surface area contributed by atoms with Crippen LogP contribution in [0.3, 0.4) is 0 Å². The van der Waals surface area contributed by atoms with Gasteiger partial charge in [0.15, 0.2) is 0 Å². The second-order valence-corrected chi connectivity index (χ2v) is 3.22. The second-order valence-electron chi connectivity index (χ2n) is 2.31. The Hall–Kier alpha value is -0.190. The summed E-state index contributed by atoms with van der Waals surface area (Å²) >= 11 is 3.10. The van der Waals surface area contributed by atoms with Crippen LogP contribution in [0.25, 0.3) is 0 Å². The number of hydrogen-bond acceptors (Lipinski definition) is 2. The summed E-state index contributed by atoms with van der Waals surface area (Å²) in [5, 5.41) is 0. The fourth-order valence-electron chi connectivity index (χ4n) is 0.760. The molecule has 0 amide bonds. The van der Waals surface area contributed by atoms with Crippen molar-refractivity contribution in [2.45, 2.75) is 13.0 Å². The minimum Gasteiger partial charge on any atom is -0.323 e. The van der Waals surface area contributed by atoms with Crippen LogP contribution in [-0.2, 0) is 0 Å². The summed E-state index contributed by atoms with van der Waals surface area (Å²) in [6.45, 7) is 1.69. The lowest BCUT2D eigenvalue weighted by Crippen LogP contribution is -2.09. The maximum atomic E-state index is 12.9. The van der Waals surface area contributed by atoms with Crippen molar-refractivity contribution in [1.82, 2.24) is 4.98 Å². The summed E-state index contributed by atoms with van der Waals surface area (Å²) in [6, 6.07) is 0.995. The van der Waals surface area contributed by atoms with Crippen LogP contribution in [0, 0.1) is 5.82 Å². The molecule has 12 heavy (non-hydrogen) atoms. The number of halogens is 3. The summed E-state index contributed by atoms with van der Waals surface area (Å²) in [6.07, 6.45) is 1.53. The molecule has 68 valence electrons. The van der Waals surface area contributed by atoms with Crippen LogP contribution in [-0.4, -0.2) is 4.98 Å². The molecule has 0 bridgehead atoms. The molecule has 0 aliphatic heterocycles. The largest absolute Gasteiger partial charge is 0.323 e. The number of pyridine rings is 1. The third-order valence-electron chi connectivity index (χ3n) is 1.27. The molecule has 0 saturated carbocycles. The fraction of sp³-hybridized carbons (Fsp3) is 0.286. The predicted octanol–water partition coefficient (Wildman–Crippen LogP) is 2.42. The molecular formula is C7H9BrClFN2. The van der Waals surface area contributed by atoms with Gasteiger partial charge in [-0.25, -0.2) is 4.39 Å². The maximum Gasteiger partial charge on any atom is 0.147 e. The first kappa shape index (κ1) is 11.8. The van der Waals surface area contributed by atoms with E-state index in [1.165, 1.54) is 12.3 Å². The van der Waals surface area contributed by atoms with E-state index in [2.05, 4.69) is 20.9 Å². The lowest BCUT2D eigenvalue weighted by Gasteiger charge is -2.04. The van der Waals surface area contributed by atoms with Gasteiger partial charge in [0.1, 0.15) is 5.82 Å². The molecule has 0 saturated heterocycles. The normalized spacial score (nSPS) is 12.0. The number of hydrogen-bond donors (Lipinski definition) is 1. The zero-order valence-corrected chi connectivity index (χ0v) is 8.82. The van der Waals surface area contributed by atoms with E-state index in [4.69, 9.17) is 5.73 Å². The van der Waals surface area contributed by atoms with Crippen molar-refractivity contribution in [1.29, 1.82) is 0 Å². The number of nitrogens with zero attached hydrogens (tertiary/aromatic N) is 1. The second kappa shape index (κ2) is 4.74. The van der Waals surface area contributed by atoms with Crippen molar-refractivity contribution in [3.63, 3.8) is 0 Å². The van der Waals surface area contributed by atoms with Gasteiger partial charge in [-0.15, -0.1) is 12.4 Å². The van der Waals surface area contributed by atoms with Gasteiger partial charge in [0, 0.05) is 16.7 Å². The molecule has 1 atom stereocenters. The quantitative estimate of drug-likeness (QED) is 0.837. The predicted molar refractivity (Wildman–Crippen MR) is 51.7 cm³/mol. The molecular weight excluding hydrogens is 246 g/mol. The highest BCUT2D eigenvalue weighted by atomic mass is 79.9. The van der Waals surface area contributed by atoms with Gasteiger partial charge in [-0.3, -0.25) is 4.98 Å². The van der Waals surface area contributed by atoms with Crippen LogP contribution >= 0.6 is 28.3 Å². The highest BCUT2D eigenvalue weighted by molar-refractivity contribution is 9.10. The number of nitrogens with two attached hydrogens (primary N) is 1. The van der Waals surface area contributed by atoms with Crippen molar-refractivity contribution in [2.75, 3.05) is 0 Å². The van der Waals surface area contributed by atoms with E-state index in [1.54, 1.807) is 6.92 Å². The fourth-order valence-corrected chi connectivity index (χ4v) is 1.06. The molecule has 0 aromatic carbocycles. The highest BCUT2D eigenvalue weighted by Gasteiger charge is 2.07. The molecule has 0 fully saturated rings. The first-order chi connectivity index (χ1) is 5.11. The molecule has 1 aromatic heterocycles. The van der Waals surface area contributed by atoms with E-state index in [1.807, 2.05) is 0 Å². The van der Waals surface area contributed by atoms with Crippen LogP contribution in [0.15, 0.2) is 16.7 Å². The number of rotatable bonds is 1. The van der Waals surface area contributed by atoms with Crippen molar-refractivity contribution < 1.29 is 4.39 Å². The molecule has 2 N–H and O–H groups in total. The molecule has 0 aliphatic rings. The number of aromatic nitrogens is 1. The average Bonchev–Trinajstić information content (AvgIpc) is 1.85. The van der Waals surface area contributed by atoms with Gasteiger partial charge in [-0.05, 0) is 28.9 Å². The van der Waals surface area contributed by atoms with Crippen LogP contribution in [0.5, 0.6) is 0 Å². The summed E-state index contributed by atoms with van der Waals surface area (Å²) < 4.78 is 13.6. The van der Waals surface area contributed by atoms with E-state index in [9.17, 15) is 4.39 Å². The molecule has 1 unspecified atom stereocenters. The summed E-state index contributed by atoms with van der Waals surface area (Å²) in [5.74, 6) is -0.366. The third kappa shape index (κ3) is 2.69. The minimum absolute atomic E-state index is 0. The minimum atomic E-state index is -0.366. The van der Waals surface area contributed by atoms with Gasteiger partial charge >= 0.3 is 0 Å². The van der Waals surface area contributed by atoms with E-state index in [0.717, 1.165) is 0 Å². The molecule has 1 rings (SSSR count). The smallest absolute Gasteiger partial charge is 0.147 e. The Kier molecular flexibility index (Phi) is 4.67. The average molecular weight is 256 g/mol. The molecule has 0 aliphatic carbocycles. The molecule has 0 radical (unpaired) electrons. The van der Waals surface area contributed by atoms with Gasteiger partial charge in [-0.2, -0.15) is 0 Å². The van der Waals surface area contributed by atoms with Crippen molar-refractivity contribution in [3.05, 3.63) is 28.2 Å². The van der Waals surface area contributed by atoms with Gasteiger partial charge in [-0.1, -0.05) is 0 Å². The Morgan fingerprint density at radius 3 is 2.67 bits per heavy atom. The van der Waals surface area contributed by atoms with E-state index < -0.39 is 0 Å². The van der Waals surface area contributed by atoms with Gasteiger partial charge in [0.25, 0.3) is 0 Å². The van der Waals surface area contributed by atoms with E-state index in [-0.39, 0.29) is 24.3 Å². The first-order valence-corrected chi connectivity index (χ1v) is 3.97. The van der Waals surface area contributed by atoms with Gasteiger partial charge in [0.05, 0.1) is 5.69 Å². The van der Waals surface area contributed by atoms with Crippen LogP contribution in [0.2, 0.25) is 0 Å². The Morgan fingerprint density at radius 1 is 1.67 bits per heavy atom. The van der Waals surface area contributed by atoms with Gasteiger partial charge in [0.2, 0.25) is 0 Å². The zero-order valence-electron chi connectivity index (χ0n) is 6.42. The van der Waals surface area contributed by atoms with Crippen molar-refractivity contribution in [2.24, 2.45) is 5.73 Å². The SMILES string of the molecule is CC(N)c1ncc(Br)cc1F.Cl. The lowest BCUT2D eigenvalue weighted by atomic mass is 10.2.